The molecule has 20 heavy (non-hydrogen) atoms. The molecule has 0 amide bonds. The molecule has 1 aromatic rings. The number of hydrogen-bond acceptors (Lipinski definition) is 6. The summed E-state index contributed by atoms with van der Waals surface area (Å²) in [5.74, 6) is -0.376. The smallest absolute Gasteiger partial charge is 0.358 e. The minimum atomic E-state index is -3.66. The number of hydrogen-bond donors (Lipinski definition) is 2. The highest BCUT2D eigenvalue weighted by Gasteiger charge is 2.19. The van der Waals surface area contributed by atoms with Crippen LogP contribution in [0.4, 0.5) is 5.82 Å². The van der Waals surface area contributed by atoms with E-state index in [1.165, 1.54) is 6.07 Å². The molecule has 0 aromatic carbocycles. The monoisotopic (exact) mass is 300 g/mol. The van der Waals surface area contributed by atoms with Gasteiger partial charge >= 0.3 is 5.82 Å². The Balaban J connectivity index is 1.93. The average molecular weight is 300 g/mol. The van der Waals surface area contributed by atoms with Gasteiger partial charge in [0, 0.05) is 18.7 Å². The number of nitro groups is 1. The van der Waals surface area contributed by atoms with Gasteiger partial charge in [-0.15, -0.1) is 0 Å². The number of pyridine rings is 1. The molecule has 1 aliphatic rings. The third kappa shape index (κ3) is 3.71. The van der Waals surface area contributed by atoms with Gasteiger partial charge < -0.3 is 15.4 Å². The second-order valence-corrected chi connectivity index (χ2v) is 6.36. The highest BCUT2D eigenvalue weighted by Crippen LogP contribution is 2.13. The molecule has 1 aliphatic heterocycles. The Bertz CT molecular complexity index is 567. The Hall–Kier alpha value is -1.58. The van der Waals surface area contributed by atoms with Crippen LogP contribution in [-0.4, -0.2) is 37.5 Å². The fourth-order valence-corrected chi connectivity index (χ4v) is 3.09. The highest BCUT2D eigenvalue weighted by molar-refractivity contribution is 7.89. The van der Waals surface area contributed by atoms with Gasteiger partial charge in [-0.3, -0.25) is 0 Å². The normalized spacial score (nSPS) is 19.1. The summed E-state index contributed by atoms with van der Waals surface area (Å²) in [4.78, 5) is 13.2. The summed E-state index contributed by atoms with van der Waals surface area (Å²) in [6.07, 6.45) is 3.89. The molecular formula is C11H16N4O4S. The molecular weight excluding hydrogens is 284 g/mol. The van der Waals surface area contributed by atoms with Crippen LogP contribution in [0.3, 0.4) is 0 Å². The third-order valence-corrected chi connectivity index (χ3v) is 4.61. The number of sulfonamides is 1. The molecule has 0 aliphatic carbocycles. The molecule has 0 saturated carbocycles. The van der Waals surface area contributed by atoms with Gasteiger partial charge in [0.2, 0.25) is 10.0 Å². The van der Waals surface area contributed by atoms with Crippen LogP contribution in [0, 0.1) is 10.1 Å². The van der Waals surface area contributed by atoms with Crippen LogP contribution in [-0.2, 0) is 10.0 Å². The lowest BCUT2D eigenvalue weighted by atomic mass is 10.2. The van der Waals surface area contributed by atoms with E-state index in [9.17, 15) is 18.5 Å². The largest absolute Gasteiger partial charge is 0.363 e. The fraction of sp³-hybridized carbons (Fsp3) is 0.545. The molecule has 0 bridgehead atoms. The Morgan fingerprint density at radius 1 is 1.50 bits per heavy atom. The molecule has 1 saturated heterocycles. The van der Waals surface area contributed by atoms with Crippen LogP contribution in [0.5, 0.6) is 0 Å². The lowest BCUT2D eigenvalue weighted by Gasteiger charge is -2.10. The second-order valence-electron chi connectivity index (χ2n) is 4.59. The molecule has 1 aromatic heterocycles. The summed E-state index contributed by atoms with van der Waals surface area (Å²) < 4.78 is 26.4. The third-order valence-electron chi connectivity index (χ3n) is 3.17. The van der Waals surface area contributed by atoms with E-state index in [-0.39, 0.29) is 10.7 Å². The number of aromatic nitrogens is 1. The van der Waals surface area contributed by atoms with E-state index < -0.39 is 14.9 Å². The standard InChI is InChI=1S/C11H16N4O4S/c16-15(17)11-4-3-10(8-13-11)20(18,19)14-7-5-9-2-1-6-12-9/h3-4,8-9,12,14H,1-2,5-7H2/t9-/m0/s1. The van der Waals surface area contributed by atoms with E-state index in [4.69, 9.17) is 0 Å². The van der Waals surface area contributed by atoms with E-state index >= 15 is 0 Å². The Morgan fingerprint density at radius 2 is 2.30 bits per heavy atom. The van der Waals surface area contributed by atoms with Gasteiger partial charge in [-0.1, -0.05) is 0 Å². The van der Waals surface area contributed by atoms with Crippen LogP contribution in [0.2, 0.25) is 0 Å². The summed E-state index contributed by atoms with van der Waals surface area (Å²) in [5, 5.41) is 13.7. The predicted molar refractivity (Wildman–Crippen MR) is 71.7 cm³/mol. The summed E-state index contributed by atoms with van der Waals surface area (Å²) in [6, 6.07) is 2.61. The molecule has 9 heteroatoms. The molecule has 0 spiro atoms. The zero-order chi connectivity index (χ0) is 14.6. The first-order chi connectivity index (χ1) is 9.49. The number of nitrogens with one attached hydrogen (secondary N) is 2. The molecule has 1 atom stereocenters. The topological polar surface area (TPSA) is 114 Å². The van der Waals surface area contributed by atoms with Gasteiger partial charge in [0.25, 0.3) is 0 Å². The van der Waals surface area contributed by atoms with Crippen LogP contribution in [0.15, 0.2) is 23.2 Å². The lowest BCUT2D eigenvalue weighted by molar-refractivity contribution is -0.389. The second kappa shape index (κ2) is 6.25. The minimum absolute atomic E-state index is 0.0671. The molecule has 8 nitrogen and oxygen atoms in total. The van der Waals surface area contributed by atoms with Gasteiger partial charge in [0.15, 0.2) is 6.20 Å². The zero-order valence-electron chi connectivity index (χ0n) is 10.8. The van der Waals surface area contributed by atoms with Crippen molar-refractivity contribution in [3.05, 3.63) is 28.4 Å². The van der Waals surface area contributed by atoms with E-state index in [2.05, 4.69) is 15.0 Å². The summed E-state index contributed by atoms with van der Waals surface area (Å²) >= 11 is 0. The predicted octanol–water partition coefficient (Wildman–Crippen LogP) is 0.410. The van der Waals surface area contributed by atoms with Crippen molar-refractivity contribution in [2.75, 3.05) is 13.1 Å². The van der Waals surface area contributed by atoms with Crippen LogP contribution >= 0.6 is 0 Å². The van der Waals surface area contributed by atoms with Crippen molar-refractivity contribution >= 4 is 15.8 Å². The summed E-state index contributed by atoms with van der Waals surface area (Å²) in [5.41, 5.74) is 0. The van der Waals surface area contributed by atoms with Crippen LogP contribution in [0.25, 0.3) is 0 Å². The fourth-order valence-electron chi connectivity index (χ4n) is 2.09. The zero-order valence-corrected chi connectivity index (χ0v) is 11.6. The van der Waals surface area contributed by atoms with Gasteiger partial charge in [-0.2, -0.15) is 0 Å². The van der Waals surface area contributed by atoms with Gasteiger partial charge in [0.1, 0.15) is 4.90 Å². The maximum Gasteiger partial charge on any atom is 0.363 e. The molecule has 1 fully saturated rings. The molecule has 2 heterocycles. The van der Waals surface area contributed by atoms with Crippen LogP contribution < -0.4 is 10.0 Å². The van der Waals surface area contributed by atoms with Crippen molar-refractivity contribution in [1.82, 2.24) is 15.0 Å². The average Bonchev–Trinajstić information content (AvgIpc) is 2.92. The number of nitrogens with zero attached hydrogens (tertiary/aromatic N) is 2. The van der Waals surface area contributed by atoms with Crippen molar-refractivity contribution in [2.45, 2.75) is 30.2 Å². The molecule has 2 rings (SSSR count). The maximum atomic E-state index is 11.9. The van der Waals surface area contributed by atoms with Crippen molar-refractivity contribution in [3.8, 4) is 0 Å². The highest BCUT2D eigenvalue weighted by atomic mass is 32.2. The Morgan fingerprint density at radius 3 is 2.85 bits per heavy atom. The summed E-state index contributed by atoms with van der Waals surface area (Å²) in [7, 11) is -3.66. The van der Waals surface area contributed by atoms with Crippen molar-refractivity contribution in [1.29, 1.82) is 0 Å². The maximum absolute atomic E-state index is 11.9. The van der Waals surface area contributed by atoms with E-state index in [1.807, 2.05) is 0 Å². The Labute approximate surface area is 116 Å². The SMILES string of the molecule is O=[N+]([O-])c1ccc(S(=O)(=O)NCC[C@@H]2CCCN2)cn1. The van der Waals surface area contributed by atoms with Gasteiger partial charge in [0.05, 0.1) is 0 Å². The first kappa shape index (κ1) is 14.8. The lowest BCUT2D eigenvalue weighted by Crippen LogP contribution is -2.30. The van der Waals surface area contributed by atoms with Gasteiger partial charge in [-0.25, -0.2) is 13.1 Å². The molecule has 0 radical (unpaired) electrons. The molecule has 110 valence electrons. The van der Waals surface area contributed by atoms with Crippen LogP contribution in [0.1, 0.15) is 19.3 Å². The van der Waals surface area contributed by atoms with E-state index in [0.717, 1.165) is 38.1 Å². The van der Waals surface area contributed by atoms with Crippen molar-refractivity contribution in [3.63, 3.8) is 0 Å². The quantitative estimate of drug-likeness (QED) is 0.581. The first-order valence-electron chi connectivity index (χ1n) is 6.32. The van der Waals surface area contributed by atoms with E-state index in [1.54, 1.807) is 0 Å². The van der Waals surface area contributed by atoms with Crippen molar-refractivity contribution < 1.29 is 13.3 Å². The Kier molecular flexibility index (Phi) is 4.63. The minimum Gasteiger partial charge on any atom is -0.358 e. The summed E-state index contributed by atoms with van der Waals surface area (Å²) in [6.45, 7) is 1.31. The molecule has 2 N–H and O–H groups in total. The van der Waals surface area contributed by atoms with Crippen molar-refractivity contribution in [2.24, 2.45) is 0 Å². The van der Waals surface area contributed by atoms with Gasteiger partial charge in [-0.05, 0) is 41.8 Å². The number of rotatable bonds is 6. The van der Waals surface area contributed by atoms with E-state index in [0.29, 0.717) is 12.6 Å². The first-order valence-corrected chi connectivity index (χ1v) is 7.81. The molecule has 0 unspecified atom stereocenters.